The van der Waals surface area contributed by atoms with Crippen molar-refractivity contribution in [2.75, 3.05) is 6.54 Å². The highest BCUT2D eigenvalue weighted by Crippen LogP contribution is 2.28. The molecule has 2 aromatic rings. The maximum atomic E-state index is 3.50. The molecule has 0 fully saturated rings. The van der Waals surface area contributed by atoms with Gasteiger partial charge in [0, 0.05) is 16.3 Å². The quantitative estimate of drug-likeness (QED) is 0.811. The van der Waals surface area contributed by atoms with E-state index in [1.165, 1.54) is 20.9 Å². The van der Waals surface area contributed by atoms with Crippen LogP contribution in [-0.2, 0) is 6.54 Å². The molecule has 0 aliphatic rings. The summed E-state index contributed by atoms with van der Waals surface area (Å²) in [6.45, 7) is 8.70. The fraction of sp³-hybridized carbons (Fsp3) is 0.333. The first kappa shape index (κ1) is 15.1. The van der Waals surface area contributed by atoms with Gasteiger partial charge in [-0.15, -0.1) is 0 Å². The van der Waals surface area contributed by atoms with Crippen molar-refractivity contribution in [2.45, 2.75) is 37.1 Å². The number of hydrogen-bond acceptors (Lipinski definition) is 2. The third-order valence-electron chi connectivity index (χ3n) is 3.16. The molecule has 2 aromatic carbocycles. The van der Waals surface area contributed by atoms with Gasteiger partial charge in [-0.25, -0.2) is 0 Å². The Morgan fingerprint density at radius 3 is 2.40 bits per heavy atom. The lowest BCUT2D eigenvalue weighted by atomic mass is 10.1. The van der Waals surface area contributed by atoms with Crippen LogP contribution in [0.5, 0.6) is 0 Å². The normalized spacial score (nSPS) is 11.0. The molecule has 0 spiro atoms. The lowest BCUT2D eigenvalue weighted by Crippen LogP contribution is -2.19. The van der Waals surface area contributed by atoms with E-state index < -0.39 is 0 Å². The first-order valence-electron chi connectivity index (χ1n) is 7.18. The molecule has 0 amide bonds. The van der Waals surface area contributed by atoms with E-state index in [0.717, 1.165) is 13.1 Å². The summed E-state index contributed by atoms with van der Waals surface area (Å²) in [5.41, 5.74) is 2.75. The molecule has 0 unspecified atom stereocenters. The summed E-state index contributed by atoms with van der Waals surface area (Å²) in [6.07, 6.45) is 0. The van der Waals surface area contributed by atoms with Gasteiger partial charge in [0.25, 0.3) is 0 Å². The van der Waals surface area contributed by atoms with Crippen molar-refractivity contribution in [3.63, 3.8) is 0 Å². The van der Waals surface area contributed by atoms with Gasteiger partial charge in [-0.1, -0.05) is 49.9 Å². The highest BCUT2D eigenvalue weighted by atomic mass is 32.2. The summed E-state index contributed by atoms with van der Waals surface area (Å²) < 4.78 is 0. The Morgan fingerprint density at radius 2 is 1.75 bits per heavy atom. The average Bonchev–Trinajstić information content (AvgIpc) is 2.42. The van der Waals surface area contributed by atoms with Crippen LogP contribution in [-0.4, -0.2) is 6.54 Å². The molecule has 2 rings (SSSR count). The van der Waals surface area contributed by atoms with Crippen molar-refractivity contribution in [2.24, 2.45) is 5.92 Å². The molecule has 2 heteroatoms. The van der Waals surface area contributed by atoms with E-state index in [-0.39, 0.29) is 0 Å². The van der Waals surface area contributed by atoms with Crippen LogP contribution >= 0.6 is 11.8 Å². The van der Waals surface area contributed by atoms with E-state index in [4.69, 9.17) is 0 Å². The zero-order valence-electron chi connectivity index (χ0n) is 12.5. The van der Waals surface area contributed by atoms with Crippen molar-refractivity contribution in [3.05, 3.63) is 59.7 Å². The SMILES string of the molecule is Cc1cc(Sc2ccccc2)ccc1CNCC(C)C. The van der Waals surface area contributed by atoms with Gasteiger partial charge < -0.3 is 5.32 Å². The van der Waals surface area contributed by atoms with E-state index >= 15 is 0 Å². The first-order chi connectivity index (χ1) is 9.65. The Balaban J connectivity index is 1.98. The van der Waals surface area contributed by atoms with E-state index in [1.54, 1.807) is 0 Å². The van der Waals surface area contributed by atoms with Crippen LogP contribution in [0, 0.1) is 12.8 Å². The number of hydrogen-bond donors (Lipinski definition) is 1. The van der Waals surface area contributed by atoms with Crippen LogP contribution in [0.2, 0.25) is 0 Å². The van der Waals surface area contributed by atoms with E-state index in [0.29, 0.717) is 5.92 Å². The zero-order valence-corrected chi connectivity index (χ0v) is 13.3. The lowest BCUT2D eigenvalue weighted by molar-refractivity contribution is 0.551. The fourth-order valence-electron chi connectivity index (χ4n) is 2.05. The molecule has 0 saturated heterocycles. The van der Waals surface area contributed by atoms with E-state index in [9.17, 15) is 0 Å². The Bertz CT molecular complexity index is 534. The van der Waals surface area contributed by atoms with Gasteiger partial charge in [-0.05, 0) is 54.8 Å². The topological polar surface area (TPSA) is 12.0 Å². The van der Waals surface area contributed by atoms with E-state index in [1.807, 2.05) is 11.8 Å². The van der Waals surface area contributed by atoms with Gasteiger partial charge in [0.15, 0.2) is 0 Å². The van der Waals surface area contributed by atoms with E-state index in [2.05, 4.69) is 74.6 Å². The fourth-order valence-corrected chi connectivity index (χ4v) is 2.99. The second-order valence-corrected chi connectivity index (χ2v) is 6.68. The van der Waals surface area contributed by atoms with Crippen molar-refractivity contribution in [1.29, 1.82) is 0 Å². The first-order valence-corrected chi connectivity index (χ1v) is 8.00. The van der Waals surface area contributed by atoms with Gasteiger partial charge in [0.1, 0.15) is 0 Å². The summed E-state index contributed by atoms with van der Waals surface area (Å²) in [4.78, 5) is 2.60. The van der Waals surface area contributed by atoms with Crippen LogP contribution in [0.1, 0.15) is 25.0 Å². The average molecular weight is 285 g/mol. The highest BCUT2D eigenvalue weighted by molar-refractivity contribution is 7.99. The molecule has 0 radical (unpaired) electrons. The predicted octanol–water partition coefficient (Wildman–Crippen LogP) is 4.89. The van der Waals surface area contributed by atoms with Crippen LogP contribution in [0.3, 0.4) is 0 Å². The van der Waals surface area contributed by atoms with Crippen molar-refractivity contribution < 1.29 is 0 Å². The summed E-state index contributed by atoms with van der Waals surface area (Å²) in [6, 6.07) is 17.3. The molecule has 0 aromatic heterocycles. The standard InChI is InChI=1S/C18H23NS/c1-14(2)12-19-13-16-9-10-18(11-15(16)3)20-17-7-5-4-6-8-17/h4-11,14,19H,12-13H2,1-3H3. The molecule has 0 saturated carbocycles. The molecule has 106 valence electrons. The number of aryl methyl sites for hydroxylation is 1. The van der Waals surface area contributed by atoms with Gasteiger partial charge in [-0.2, -0.15) is 0 Å². The summed E-state index contributed by atoms with van der Waals surface area (Å²) in [5.74, 6) is 0.697. The van der Waals surface area contributed by atoms with Crippen LogP contribution < -0.4 is 5.32 Å². The van der Waals surface area contributed by atoms with Crippen molar-refractivity contribution >= 4 is 11.8 Å². The Morgan fingerprint density at radius 1 is 1.00 bits per heavy atom. The minimum Gasteiger partial charge on any atom is -0.312 e. The molecule has 0 atom stereocenters. The molecule has 1 N–H and O–H groups in total. The Hall–Kier alpha value is -1.25. The van der Waals surface area contributed by atoms with Crippen molar-refractivity contribution in [3.8, 4) is 0 Å². The second kappa shape index (κ2) is 7.51. The molecule has 0 bridgehead atoms. The maximum absolute atomic E-state index is 3.50. The monoisotopic (exact) mass is 285 g/mol. The molecule has 0 aliphatic carbocycles. The van der Waals surface area contributed by atoms with Crippen LogP contribution in [0.4, 0.5) is 0 Å². The zero-order chi connectivity index (χ0) is 14.4. The molecular formula is C18H23NS. The predicted molar refractivity (Wildman–Crippen MR) is 88.3 cm³/mol. The summed E-state index contributed by atoms with van der Waals surface area (Å²) >= 11 is 1.82. The number of nitrogens with one attached hydrogen (secondary N) is 1. The third kappa shape index (κ3) is 4.69. The Labute approximate surface area is 126 Å². The van der Waals surface area contributed by atoms with Gasteiger partial charge in [0.05, 0.1) is 0 Å². The van der Waals surface area contributed by atoms with Crippen LogP contribution in [0.25, 0.3) is 0 Å². The second-order valence-electron chi connectivity index (χ2n) is 5.53. The Kier molecular flexibility index (Phi) is 5.69. The van der Waals surface area contributed by atoms with Crippen molar-refractivity contribution in [1.82, 2.24) is 5.32 Å². The summed E-state index contributed by atoms with van der Waals surface area (Å²) in [7, 11) is 0. The minimum atomic E-state index is 0.697. The smallest absolute Gasteiger partial charge is 0.0208 e. The largest absolute Gasteiger partial charge is 0.312 e. The summed E-state index contributed by atoms with van der Waals surface area (Å²) in [5, 5.41) is 3.50. The molecule has 1 nitrogen and oxygen atoms in total. The number of benzene rings is 2. The highest BCUT2D eigenvalue weighted by Gasteiger charge is 2.02. The third-order valence-corrected chi connectivity index (χ3v) is 4.16. The maximum Gasteiger partial charge on any atom is 0.0208 e. The minimum absolute atomic E-state index is 0.697. The van der Waals surface area contributed by atoms with Crippen LogP contribution in [0.15, 0.2) is 58.3 Å². The molecule has 20 heavy (non-hydrogen) atoms. The van der Waals surface area contributed by atoms with Gasteiger partial charge in [0.2, 0.25) is 0 Å². The molecule has 0 aliphatic heterocycles. The molecule has 0 heterocycles. The van der Waals surface area contributed by atoms with Gasteiger partial charge >= 0.3 is 0 Å². The van der Waals surface area contributed by atoms with Gasteiger partial charge in [-0.3, -0.25) is 0 Å². The molecular weight excluding hydrogens is 262 g/mol. The lowest BCUT2D eigenvalue weighted by Gasteiger charge is -2.11. The number of rotatable bonds is 6.